The molecule has 0 bridgehead atoms. The van der Waals surface area contributed by atoms with Crippen LogP contribution in [0.2, 0.25) is 0 Å². The molecule has 2 N–H and O–H groups in total. The zero-order valence-electron chi connectivity index (χ0n) is 18.1. The third kappa shape index (κ3) is 7.35. The fourth-order valence-electron chi connectivity index (χ4n) is 3.60. The number of benzene rings is 2. The van der Waals surface area contributed by atoms with Gasteiger partial charge >= 0.3 is 6.09 Å². The van der Waals surface area contributed by atoms with Gasteiger partial charge in [-0.05, 0) is 24.0 Å². The number of nitrogens with zero attached hydrogens (tertiary/aromatic N) is 1. The summed E-state index contributed by atoms with van der Waals surface area (Å²) in [6.07, 6.45) is 1.88. The van der Waals surface area contributed by atoms with Gasteiger partial charge in [0.15, 0.2) is 0 Å². The van der Waals surface area contributed by atoms with E-state index in [-0.39, 0.29) is 18.6 Å². The number of piperidine rings is 1. The Hall–Kier alpha value is -2.91. The molecule has 8 nitrogen and oxygen atoms in total. The van der Waals surface area contributed by atoms with Crippen molar-refractivity contribution in [1.29, 1.82) is 0 Å². The minimum Gasteiger partial charge on any atom is -0.445 e. The molecule has 1 atom stereocenters. The second-order valence-electron chi connectivity index (χ2n) is 7.89. The van der Waals surface area contributed by atoms with E-state index >= 15 is 0 Å². The highest BCUT2D eigenvalue weighted by Gasteiger charge is 2.29. The smallest absolute Gasteiger partial charge is 0.408 e. The zero-order valence-corrected chi connectivity index (χ0v) is 18.9. The van der Waals surface area contributed by atoms with E-state index in [1.807, 2.05) is 60.7 Å². The van der Waals surface area contributed by atoms with E-state index < -0.39 is 22.2 Å². The summed E-state index contributed by atoms with van der Waals surface area (Å²) in [5.41, 5.74) is 1.76. The van der Waals surface area contributed by atoms with Crippen LogP contribution < -0.4 is 10.6 Å². The molecule has 1 fully saturated rings. The van der Waals surface area contributed by atoms with E-state index in [0.29, 0.717) is 32.4 Å². The highest BCUT2D eigenvalue weighted by Crippen LogP contribution is 2.14. The molecule has 0 spiro atoms. The molecule has 2 aromatic carbocycles. The van der Waals surface area contributed by atoms with Crippen LogP contribution in [-0.4, -0.2) is 56.2 Å². The molecule has 1 heterocycles. The molecule has 0 saturated carbocycles. The largest absolute Gasteiger partial charge is 0.445 e. The van der Waals surface area contributed by atoms with Crippen molar-refractivity contribution in [2.45, 2.75) is 38.0 Å². The second kappa shape index (κ2) is 11.1. The molecule has 1 aliphatic heterocycles. The van der Waals surface area contributed by atoms with Crippen LogP contribution in [0.1, 0.15) is 24.0 Å². The van der Waals surface area contributed by atoms with Crippen LogP contribution in [-0.2, 0) is 32.6 Å². The summed E-state index contributed by atoms with van der Waals surface area (Å²) in [6.45, 7) is 0.829. The molecule has 0 aliphatic carbocycles. The second-order valence-corrected chi connectivity index (χ2v) is 9.88. The molecular weight excluding hydrogens is 430 g/mol. The Morgan fingerprint density at radius 2 is 1.56 bits per heavy atom. The normalized spacial score (nSPS) is 16.2. The van der Waals surface area contributed by atoms with E-state index in [1.54, 1.807) is 0 Å². The molecule has 172 valence electrons. The van der Waals surface area contributed by atoms with Gasteiger partial charge in [0.05, 0.1) is 6.26 Å². The van der Waals surface area contributed by atoms with Crippen LogP contribution in [0.5, 0.6) is 0 Å². The van der Waals surface area contributed by atoms with Crippen molar-refractivity contribution in [3.8, 4) is 0 Å². The van der Waals surface area contributed by atoms with Crippen molar-refractivity contribution in [3.05, 3.63) is 71.8 Å². The van der Waals surface area contributed by atoms with Gasteiger partial charge in [-0.1, -0.05) is 60.7 Å². The molecule has 1 aliphatic rings. The molecule has 9 heteroatoms. The van der Waals surface area contributed by atoms with Crippen molar-refractivity contribution < 1.29 is 22.7 Å². The van der Waals surface area contributed by atoms with Gasteiger partial charge in [0.25, 0.3) is 0 Å². The molecule has 32 heavy (non-hydrogen) atoms. The summed E-state index contributed by atoms with van der Waals surface area (Å²) in [5.74, 6) is -0.316. The Bertz CT molecular complexity index is 991. The van der Waals surface area contributed by atoms with Crippen LogP contribution in [0.25, 0.3) is 0 Å². The first-order valence-electron chi connectivity index (χ1n) is 10.6. The summed E-state index contributed by atoms with van der Waals surface area (Å²) >= 11 is 0. The lowest BCUT2D eigenvalue weighted by Crippen LogP contribution is -2.53. The Morgan fingerprint density at radius 3 is 2.12 bits per heavy atom. The maximum absolute atomic E-state index is 13.0. The summed E-state index contributed by atoms with van der Waals surface area (Å²) in [4.78, 5) is 25.4. The number of nitrogens with one attached hydrogen (secondary N) is 2. The molecule has 3 rings (SSSR count). The average molecular weight is 460 g/mol. The standard InChI is InChI=1S/C23H29N3O5S/c1-32(29,30)26-14-12-20(13-15-26)24-22(27)21(16-18-8-4-2-5-9-18)25-23(28)31-17-19-10-6-3-7-11-19/h2-11,20-21H,12-17H2,1H3,(H,24,27)(H,25,28). The van der Waals surface area contributed by atoms with Crippen LogP contribution in [0.4, 0.5) is 4.79 Å². The maximum Gasteiger partial charge on any atom is 0.408 e. The van der Waals surface area contributed by atoms with Gasteiger partial charge in [-0.2, -0.15) is 0 Å². The Balaban J connectivity index is 1.59. The van der Waals surface area contributed by atoms with Gasteiger partial charge in [-0.25, -0.2) is 17.5 Å². The number of hydrogen-bond donors (Lipinski definition) is 2. The third-order valence-corrected chi connectivity index (χ3v) is 6.68. The molecule has 2 amide bonds. The van der Waals surface area contributed by atoms with Gasteiger partial charge < -0.3 is 15.4 Å². The number of ether oxygens (including phenoxy) is 1. The first-order valence-corrected chi connectivity index (χ1v) is 12.4. The van der Waals surface area contributed by atoms with E-state index in [0.717, 1.165) is 11.1 Å². The van der Waals surface area contributed by atoms with Crippen LogP contribution in [0.15, 0.2) is 60.7 Å². The Morgan fingerprint density at radius 1 is 1.00 bits per heavy atom. The molecule has 2 aromatic rings. The molecule has 1 saturated heterocycles. The lowest BCUT2D eigenvalue weighted by atomic mass is 10.0. The molecule has 1 unspecified atom stereocenters. The quantitative estimate of drug-likeness (QED) is 0.629. The van der Waals surface area contributed by atoms with E-state index in [9.17, 15) is 18.0 Å². The fourth-order valence-corrected chi connectivity index (χ4v) is 4.47. The van der Waals surface area contributed by atoms with Gasteiger partial charge in [0.2, 0.25) is 15.9 Å². The van der Waals surface area contributed by atoms with Crippen LogP contribution in [0, 0.1) is 0 Å². The first-order chi connectivity index (χ1) is 15.3. The van der Waals surface area contributed by atoms with Crippen molar-refractivity contribution in [3.63, 3.8) is 0 Å². The van der Waals surface area contributed by atoms with E-state index in [4.69, 9.17) is 4.74 Å². The number of alkyl carbamates (subject to hydrolysis) is 1. The summed E-state index contributed by atoms with van der Waals surface area (Å²) < 4.78 is 30.1. The van der Waals surface area contributed by atoms with Gasteiger partial charge in [0, 0.05) is 25.6 Å². The predicted molar refractivity (Wildman–Crippen MR) is 121 cm³/mol. The maximum atomic E-state index is 13.0. The number of amides is 2. The zero-order chi connectivity index (χ0) is 23.0. The van der Waals surface area contributed by atoms with Crippen molar-refractivity contribution >= 4 is 22.0 Å². The highest BCUT2D eigenvalue weighted by atomic mass is 32.2. The van der Waals surface area contributed by atoms with E-state index in [2.05, 4.69) is 10.6 Å². The van der Waals surface area contributed by atoms with Gasteiger partial charge in [-0.3, -0.25) is 4.79 Å². The van der Waals surface area contributed by atoms with Crippen molar-refractivity contribution in [2.75, 3.05) is 19.3 Å². The number of carbonyl (C=O) groups is 2. The lowest BCUT2D eigenvalue weighted by molar-refractivity contribution is -0.124. The minimum atomic E-state index is -3.23. The summed E-state index contributed by atoms with van der Waals surface area (Å²) in [6, 6.07) is 17.7. The van der Waals surface area contributed by atoms with Crippen molar-refractivity contribution in [1.82, 2.24) is 14.9 Å². The van der Waals surface area contributed by atoms with Gasteiger partial charge in [-0.15, -0.1) is 0 Å². The van der Waals surface area contributed by atoms with Crippen molar-refractivity contribution in [2.24, 2.45) is 0 Å². The van der Waals surface area contributed by atoms with Gasteiger partial charge in [0.1, 0.15) is 12.6 Å². The molecular formula is C23H29N3O5S. The monoisotopic (exact) mass is 459 g/mol. The summed E-state index contributed by atoms with van der Waals surface area (Å²) in [5, 5.41) is 5.64. The fraction of sp³-hybridized carbons (Fsp3) is 0.391. The molecule has 0 aromatic heterocycles. The number of hydrogen-bond acceptors (Lipinski definition) is 5. The third-order valence-electron chi connectivity index (χ3n) is 5.37. The van der Waals surface area contributed by atoms with Crippen LogP contribution in [0.3, 0.4) is 0 Å². The van der Waals surface area contributed by atoms with E-state index in [1.165, 1.54) is 10.6 Å². The Kier molecular flexibility index (Phi) is 8.24. The Labute approximate surface area is 189 Å². The number of carbonyl (C=O) groups excluding carboxylic acids is 2. The number of sulfonamides is 1. The minimum absolute atomic E-state index is 0.107. The number of rotatable bonds is 8. The van der Waals surface area contributed by atoms with Crippen LogP contribution >= 0.6 is 0 Å². The SMILES string of the molecule is CS(=O)(=O)N1CCC(NC(=O)C(Cc2ccccc2)NC(=O)OCc2ccccc2)CC1. The lowest BCUT2D eigenvalue weighted by Gasteiger charge is -2.31. The first kappa shape index (κ1) is 23.7. The highest BCUT2D eigenvalue weighted by molar-refractivity contribution is 7.88. The molecule has 0 radical (unpaired) electrons. The average Bonchev–Trinajstić information content (AvgIpc) is 2.78. The topological polar surface area (TPSA) is 105 Å². The predicted octanol–water partition coefficient (Wildman–Crippen LogP) is 2.06. The summed E-state index contributed by atoms with van der Waals surface area (Å²) in [7, 11) is -3.23.